The van der Waals surface area contributed by atoms with Crippen molar-refractivity contribution in [2.24, 2.45) is 0 Å². The zero-order valence-corrected chi connectivity index (χ0v) is 32.4. The third kappa shape index (κ3) is 7.25. The van der Waals surface area contributed by atoms with Gasteiger partial charge < -0.3 is 20.0 Å². The molecule has 4 aromatic carbocycles. The molecule has 0 aromatic heterocycles. The maximum absolute atomic E-state index is 13.0. The summed E-state index contributed by atoms with van der Waals surface area (Å²) < 4.78 is 57.9. The van der Waals surface area contributed by atoms with Gasteiger partial charge in [0.2, 0.25) is 20.0 Å². The highest BCUT2D eigenvalue weighted by Gasteiger charge is 2.52. The summed E-state index contributed by atoms with van der Waals surface area (Å²) in [7, 11) is -2.99. The lowest BCUT2D eigenvalue weighted by atomic mass is 9.62. The van der Waals surface area contributed by atoms with Crippen LogP contribution >= 0.6 is 0 Å². The van der Waals surface area contributed by atoms with Gasteiger partial charge >= 0.3 is 0 Å². The molecule has 0 unspecified atom stereocenters. The fourth-order valence-electron chi connectivity index (χ4n) is 9.25. The molecule has 282 valence electrons. The number of sulfonamides is 2. The summed E-state index contributed by atoms with van der Waals surface area (Å²) in [5.74, 6) is 0.439. The van der Waals surface area contributed by atoms with Crippen LogP contribution in [-0.2, 0) is 49.5 Å². The minimum absolute atomic E-state index is 0.0241. The van der Waals surface area contributed by atoms with Gasteiger partial charge in [0.05, 0.1) is 10.6 Å². The van der Waals surface area contributed by atoms with E-state index in [4.69, 9.17) is 0 Å². The highest BCUT2D eigenvalue weighted by atomic mass is 32.2. The van der Waals surface area contributed by atoms with Crippen molar-refractivity contribution in [3.63, 3.8) is 0 Å². The molecule has 53 heavy (non-hydrogen) atoms. The number of hydrogen-bond donors (Lipinski definition) is 4. The van der Waals surface area contributed by atoms with Gasteiger partial charge in [-0.05, 0) is 117 Å². The minimum Gasteiger partial charge on any atom is -0.508 e. The van der Waals surface area contributed by atoms with Crippen LogP contribution < -0.4 is 9.44 Å². The zero-order chi connectivity index (χ0) is 37.8. The fraction of sp³-hybridized carbons (Fsp3) is 0.415. The quantitative estimate of drug-likeness (QED) is 0.214. The number of phenols is 2. The maximum atomic E-state index is 13.0. The van der Waals surface area contributed by atoms with Crippen LogP contribution in [0, 0.1) is 0 Å². The number of fused-ring (bicyclic) bond motifs is 8. The van der Waals surface area contributed by atoms with Crippen molar-refractivity contribution in [1.29, 1.82) is 0 Å². The molecule has 12 heteroatoms. The van der Waals surface area contributed by atoms with Crippen LogP contribution in [0.4, 0.5) is 0 Å². The largest absolute Gasteiger partial charge is 0.508 e. The van der Waals surface area contributed by atoms with E-state index in [1.807, 2.05) is 54.6 Å². The van der Waals surface area contributed by atoms with E-state index in [9.17, 15) is 27.0 Å². The number of phenolic OH excluding ortho intramolecular Hbond substituents is 2. The molecule has 0 radical (unpaired) electrons. The number of nitrogens with zero attached hydrogens (tertiary/aromatic N) is 2. The molecule has 0 amide bonds. The van der Waals surface area contributed by atoms with E-state index >= 15 is 0 Å². The van der Waals surface area contributed by atoms with Crippen LogP contribution in [0.3, 0.4) is 0 Å². The van der Waals surface area contributed by atoms with Gasteiger partial charge in [-0.1, -0.05) is 74.5 Å². The number of hydrogen-bond acceptors (Lipinski definition) is 8. The predicted octanol–water partition coefficient (Wildman–Crippen LogP) is 4.66. The van der Waals surface area contributed by atoms with Crippen molar-refractivity contribution in [1.82, 2.24) is 19.2 Å². The van der Waals surface area contributed by atoms with E-state index in [1.54, 1.807) is 42.5 Å². The van der Waals surface area contributed by atoms with Crippen LogP contribution in [0.5, 0.6) is 11.5 Å². The van der Waals surface area contributed by atoms with Crippen LogP contribution in [0.15, 0.2) is 102 Å². The molecule has 6 atom stereocenters. The Hall–Kier alpha value is -3.78. The lowest BCUT2D eigenvalue weighted by molar-refractivity contribution is 0.0777. The lowest BCUT2D eigenvalue weighted by Gasteiger charge is -2.54. The normalized spacial score (nSPS) is 28.2. The van der Waals surface area contributed by atoms with Gasteiger partial charge in [-0.25, -0.2) is 26.3 Å². The number of nitrogens with one attached hydrogen (secondary N) is 2. The molecular weight excluding hydrogens is 709 g/mol. The number of aromatic hydroxyl groups is 2. The van der Waals surface area contributed by atoms with Gasteiger partial charge in [-0.3, -0.25) is 0 Å². The Morgan fingerprint density at radius 2 is 1.11 bits per heavy atom. The van der Waals surface area contributed by atoms with Crippen molar-refractivity contribution < 1.29 is 27.0 Å². The first kappa shape index (κ1) is 37.5. The second kappa shape index (κ2) is 14.1. The second-order valence-corrected chi connectivity index (χ2v) is 19.2. The van der Waals surface area contributed by atoms with Crippen molar-refractivity contribution in [2.75, 3.05) is 27.2 Å². The first-order chi connectivity index (χ1) is 25.1. The zero-order valence-electron chi connectivity index (χ0n) is 30.7. The molecule has 4 bridgehead atoms. The Labute approximate surface area is 314 Å². The Morgan fingerprint density at radius 1 is 0.660 bits per heavy atom. The van der Waals surface area contributed by atoms with Gasteiger partial charge in [-0.2, -0.15) is 0 Å². The summed E-state index contributed by atoms with van der Waals surface area (Å²) in [4.78, 5) is 4.79. The number of likely N-dealkylation sites (N-methyl/N-ethyl adjacent to an activating group) is 2. The Balaban J connectivity index is 0.000000164. The first-order valence-corrected chi connectivity index (χ1v) is 21.4. The average molecular weight is 759 g/mol. The van der Waals surface area contributed by atoms with Crippen LogP contribution in [0.1, 0.15) is 54.5 Å². The van der Waals surface area contributed by atoms with Gasteiger partial charge in [0.1, 0.15) is 11.5 Å². The van der Waals surface area contributed by atoms with Crippen molar-refractivity contribution >= 4 is 20.0 Å². The summed E-state index contributed by atoms with van der Waals surface area (Å²) in [5, 5.41) is 20.0. The topological polar surface area (TPSA) is 139 Å². The lowest BCUT2D eigenvalue weighted by Crippen LogP contribution is -2.67. The van der Waals surface area contributed by atoms with E-state index in [-0.39, 0.29) is 57.1 Å². The van der Waals surface area contributed by atoms with E-state index in [2.05, 4.69) is 47.2 Å². The highest BCUT2D eigenvalue weighted by Crippen LogP contribution is 2.47. The molecular formula is C41H50N4O6S2. The molecule has 0 spiro atoms. The van der Waals surface area contributed by atoms with Gasteiger partial charge in [0, 0.05) is 35.0 Å². The summed E-state index contributed by atoms with van der Waals surface area (Å²) in [6.45, 7) is 6.05. The van der Waals surface area contributed by atoms with Gasteiger partial charge in [0.15, 0.2) is 0 Å². The Bertz CT molecular complexity index is 2190. The molecule has 8 rings (SSSR count). The molecule has 2 heterocycles. The van der Waals surface area contributed by atoms with Crippen LogP contribution in [-0.4, -0.2) is 88.2 Å². The maximum Gasteiger partial charge on any atom is 0.240 e. The fourth-order valence-corrected chi connectivity index (χ4v) is 12.2. The average Bonchev–Trinajstić information content (AvgIpc) is 3.12. The number of benzene rings is 4. The Kier molecular flexibility index (Phi) is 10.0. The monoisotopic (exact) mass is 758 g/mol. The SMILES string of the molecule is CN1CC[C@]2(C)c3cc(O)ccc3C[C@@H]1[C@@H]2NS(=O)(=O)Cc1ccccc1.CN1CC[C@]2(C)c3cc(O)ccc3C[C@@H]1[C@@H]2NS(=O)(=O)c1ccccc1. The van der Waals surface area contributed by atoms with Crippen molar-refractivity contribution in [3.05, 3.63) is 125 Å². The summed E-state index contributed by atoms with van der Waals surface area (Å²) >= 11 is 0. The molecule has 2 aliphatic heterocycles. The van der Waals surface area contributed by atoms with E-state index in [1.165, 1.54) is 11.1 Å². The van der Waals surface area contributed by atoms with Crippen LogP contribution in [0.25, 0.3) is 0 Å². The third-order valence-electron chi connectivity index (χ3n) is 12.4. The molecule has 4 aromatic rings. The highest BCUT2D eigenvalue weighted by molar-refractivity contribution is 7.89. The third-order valence-corrected chi connectivity index (χ3v) is 15.1. The van der Waals surface area contributed by atoms with Crippen molar-refractivity contribution in [2.45, 2.75) is 85.2 Å². The molecule has 4 aliphatic rings. The summed E-state index contributed by atoms with van der Waals surface area (Å²) in [5.41, 5.74) is 4.60. The number of piperidine rings is 2. The molecule has 4 N–H and O–H groups in total. The first-order valence-electron chi connectivity index (χ1n) is 18.3. The molecule has 2 aliphatic carbocycles. The van der Waals surface area contributed by atoms with E-state index in [0.717, 1.165) is 55.5 Å². The Morgan fingerprint density at radius 3 is 1.60 bits per heavy atom. The summed E-state index contributed by atoms with van der Waals surface area (Å²) in [6.07, 6.45) is 3.22. The van der Waals surface area contributed by atoms with E-state index < -0.39 is 20.0 Å². The number of rotatable bonds is 7. The summed E-state index contributed by atoms with van der Waals surface area (Å²) in [6, 6.07) is 28.5. The molecule has 2 fully saturated rings. The van der Waals surface area contributed by atoms with Crippen LogP contribution in [0.2, 0.25) is 0 Å². The smallest absolute Gasteiger partial charge is 0.240 e. The van der Waals surface area contributed by atoms with Crippen molar-refractivity contribution in [3.8, 4) is 11.5 Å². The minimum atomic E-state index is -3.62. The van der Waals surface area contributed by atoms with E-state index in [0.29, 0.717) is 0 Å². The standard InChI is InChI=1S/C21H26N2O3S.C20H24N2O3S/c1-21-10-11-23(2)19(12-16-8-9-17(24)13-18(16)21)20(21)22-27(25,26)14-15-6-4-3-5-7-15;1-20-10-11-22(2)18(12-14-8-9-15(23)13-17(14)20)19(20)21-26(24,25)16-6-4-3-5-7-16/h3-9,13,19-20,22,24H,10-12,14H2,1-2H3;3-9,13,18-19,21,23H,10-12H2,1-2H3/t19-,20+,21-;18-,19+,20-/m11/s1. The van der Waals surface area contributed by atoms with Gasteiger partial charge in [-0.15, -0.1) is 0 Å². The molecule has 10 nitrogen and oxygen atoms in total. The molecule has 0 saturated carbocycles. The predicted molar refractivity (Wildman–Crippen MR) is 207 cm³/mol. The second-order valence-electron chi connectivity index (χ2n) is 15.8. The number of likely N-dealkylation sites (tertiary alicyclic amines) is 2. The van der Waals surface area contributed by atoms with Gasteiger partial charge in [0.25, 0.3) is 0 Å². The molecule has 2 saturated heterocycles.